The van der Waals surface area contributed by atoms with Crippen LogP contribution in [0.5, 0.6) is 0 Å². The summed E-state index contributed by atoms with van der Waals surface area (Å²) in [6.45, 7) is 4.72. The molecule has 2 aliphatic carbocycles. The minimum Gasteiger partial charge on any atom is -0.208 e. The van der Waals surface area contributed by atoms with Crippen molar-refractivity contribution in [3.8, 4) is 45.3 Å². The van der Waals surface area contributed by atoms with Crippen molar-refractivity contribution in [2.24, 2.45) is 0 Å². The van der Waals surface area contributed by atoms with Gasteiger partial charge in [0.1, 0.15) is 0 Å². The zero-order valence-corrected chi connectivity index (χ0v) is 27.9. The second kappa shape index (κ2) is 10.7. The highest BCUT2D eigenvalue weighted by Crippen LogP contribution is 2.62. The lowest BCUT2D eigenvalue weighted by atomic mass is 9.55. The van der Waals surface area contributed by atoms with Gasteiger partial charge in [-0.1, -0.05) is 166 Å². The van der Waals surface area contributed by atoms with Gasteiger partial charge in [0, 0.05) is 22.1 Å². The van der Waals surface area contributed by atoms with Crippen molar-refractivity contribution in [1.82, 2.24) is 15.0 Å². The molecule has 3 nitrogen and oxygen atoms in total. The topological polar surface area (TPSA) is 38.7 Å². The Bertz CT molecular complexity index is 2590. The molecule has 0 saturated carbocycles. The van der Waals surface area contributed by atoms with Crippen molar-refractivity contribution < 1.29 is 0 Å². The normalized spacial score (nSPS) is 14.5. The van der Waals surface area contributed by atoms with Crippen LogP contribution in [0.1, 0.15) is 47.2 Å². The molecule has 0 radical (unpaired) electrons. The van der Waals surface area contributed by atoms with Gasteiger partial charge >= 0.3 is 0 Å². The Morgan fingerprint density at radius 1 is 0.340 bits per heavy atom. The standard InChI is InChI=1S/C47H33N3/c1-46(2)39-20-10-12-22-41(39)47(42-23-13-11-21-40(42)46)37-19-9-8-18-35(37)36-29-34(26-27-38(36)47)45-49-43(31-15-4-3-5-16-31)48-44(50-45)33-25-24-30-14-6-7-17-32(30)28-33/h3-29H,1-2H3. The minimum absolute atomic E-state index is 0.131. The Balaban J connectivity index is 1.22. The van der Waals surface area contributed by atoms with Gasteiger partial charge in [0.05, 0.1) is 5.41 Å². The quantitative estimate of drug-likeness (QED) is 0.193. The van der Waals surface area contributed by atoms with E-state index in [4.69, 9.17) is 15.0 Å². The third-order valence-electron chi connectivity index (χ3n) is 11.0. The molecule has 3 heteroatoms. The van der Waals surface area contributed by atoms with Gasteiger partial charge in [0.2, 0.25) is 0 Å². The average molecular weight is 640 g/mol. The highest BCUT2D eigenvalue weighted by Gasteiger charge is 2.53. The lowest BCUT2D eigenvalue weighted by Gasteiger charge is -2.46. The maximum absolute atomic E-state index is 5.16. The van der Waals surface area contributed by atoms with E-state index in [1.54, 1.807) is 0 Å². The van der Waals surface area contributed by atoms with E-state index in [0.717, 1.165) is 22.1 Å². The number of hydrogen-bond acceptors (Lipinski definition) is 3. The number of benzene rings is 7. The molecule has 0 fully saturated rings. The molecule has 8 aromatic rings. The summed E-state index contributed by atoms with van der Waals surface area (Å²) < 4.78 is 0. The lowest BCUT2D eigenvalue weighted by Crippen LogP contribution is -2.40. The summed E-state index contributed by atoms with van der Waals surface area (Å²) in [6.07, 6.45) is 0. The van der Waals surface area contributed by atoms with Crippen LogP contribution in [0.15, 0.2) is 164 Å². The predicted molar refractivity (Wildman–Crippen MR) is 203 cm³/mol. The van der Waals surface area contributed by atoms with Gasteiger partial charge < -0.3 is 0 Å². The number of nitrogens with zero attached hydrogens (tertiary/aromatic N) is 3. The Labute approximate surface area is 292 Å². The van der Waals surface area contributed by atoms with Gasteiger partial charge in [-0.2, -0.15) is 0 Å². The first-order valence-electron chi connectivity index (χ1n) is 17.3. The highest BCUT2D eigenvalue weighted by atomic mass is 15.0. The Morgan fingerprint density at radius 2 is 0.820 bits per heavy atom. The van der Waals surface area contributed by atoms with Gasteiger partial charge in [0.15, 0.2) is 17.5 Å². The fourth-order valence-corrected chi connectivity index (χ4v) is 8.68. The van der Waals surface area contributed by atoms with Crippen molar-refractivity contribution in [2.75, 3.05) is 0 Å². The second-order valence-electron chi connectivity index (χ2n) is 14.0. The second-order valence-corrected chi connectivity index (χ2v) is 14.0. The third kappa shape index (κ3) is 4.01. The molecule has 0 unspecified atom stereocenters. The van der Waals surface area contributed by atoms with Crippen LogP contribution in [0.2, 0.25) is 0 Å². The van der Waals surface area contributed by atoms with E-state index in [9.17, 15) is 0 Å². The SMILES string of the molecule is CC1(C)c2ccccc2C2(c3ccccc3-c3cc(-c4nc(-c5ccccc5)nc(-c5ccc6ccccc6c5)n4)ccc32)c2ccccc21. The van der Waals surface area contributed by atoms with Crippen LogP contribution < -0.4 is 0 Å². The third-order valence-corrected chi connectivity index (χ3v) is 11.0. The summed E-state index contributed by atoms with van der Waals surface area (Å²) in [5.41, 5.74) is 12.9. The molecular formula is C47H33N3. The number of hydrogen-bond donors (Lipinski definition) is 0. The molecule has 1 spiro atoms. The molecule has 0 saturated heterocycles. The first-order valence-corrected chi connectivity index (χ1v) is 17.3. The van der Waals surface area contributed by atoms with Crippen molar-refractivity contribution >= 4 is 10.8 Å². The smallest absolute Gasteiger partial charge is 0.164 e. The first kappa shape index (κ1) is 28.8. The maximum Gasteiger partial charge on any atom is 0.164 e. The van der Waals surface area contributed by atoms with Gasteiger partial charge in [0.25, 0.3) is 0 Å². The lowest BCUT2D eigenvalue weighted by molar-refractivity contribution is 0.563. The van der Waals surface area contributed by atoms with Crippen molar-refractivity contribution in [3.63, 3.8) is 0 Å². The largest absolute Gasteiger partial charge is 0.208 e. The molecule has 0 amide bonds. The summed E-state index contributed by atoms with van der Waals surface area (Å²) in [4.78, 5) is 15.3. The monoisotopic (exact) mass is 639 g/mol. The Kier molecular flexibility index (Phi) is 6.13. The van der Waals surface area contributed by atoms with E-state index < -0.39 is 5.41 Å². The molecule has 1 heterocycles. The summed E-state index contributed by atoms with van der Waals surface area (Å²) in [5, 5.41) is 2.35. The minimum atomic E-state index is -0.433. The van der Waals surface area contributed by atoms with Gasteiger partial charge in [-0.05, 0) is 67.4 Å². The van der Waals surface area contributed by atoms with Crippen molar-refractivity contribution in [2.45, 2.75) is 24.7 Å². The molecule has 236 valence electrons. The van der Waals surface area contributed by atoms with E-state index in [1.165, 1.54) is 49.9 Å². The molecule has 0 bridgehead atoms. The van der Waals surface area contributed by atoms with Crippen LogP contribution in [0, 0.1) is 0 Å². The molecule has 2 aliphatic rings. The maximum atomic E-state index is 5.16. The fourth-order valence-electron chi connectivity index (χ4n) is 8.68. The summed E-state index contributed by atoms with van der Waals surface area (Å²) >= 11 is 0. The first-order chi connectivity index (χ1) is 24.5. The highest BCUT2D eigenvalue weighted by molar-refractivity contribution is 5.91. The number of rotatable bonds is 3. The summed E-state index contributed by atoms with van der Waals surface area (Å²) in [6, 6.07) is 58.9. The molecule has 0 N–H and O–H groups in total. The van der Waals surface area contributed by atoms with Crippen LogP contribution in [-0.4, -0.2) is 15.0 Å². The van der Waals surface area contributed by atoms with Gasteiger partial charge in [-0.25, -0.2) is 15.0 Å². The fraction of sp³-hybridized carbons (Fsp3) is 0.0851. The van der Waals surface area contributed by atoms with E-state index >= 15 is 0 Å². The van der Waals surface area contributed by atoms with Crippen molar-refractivity contribution in [3.05, 3.63) is 197 Å². The Hall–Kier alpha value is -6.19. The van der Waals surface area contributed by atoms with Crippen LogP contribution in [0.3, 0.4) is 0 Å². The van der Waals surface area contributed by atoms with E-state index in [-0.39, 0.29) is 5.41 Å². The van der Waals surface area contributed by atoms with Crippen LogP contribution in [-0.2, 0) is 10.8 Å². The van der Waals surface area contributed by atoms with Gasteiger partial charge in [-0.3, -0.25) is 0 Å². The molecule has 50 heavy (non-hydrogen) atoms. The number of fused-ring (bicyclic) bond motifs is 10. The van der Waals surface area contributed by atoms with E-state index in [2.05, 4.69) is 159 Å². The molecule has 0 aliphatic heterocycles. The van der Waals surface area contributed by atoms with E-state index in [1.807, 2.05) is 18.2 Å². The Morgan fingerprint density at radius 3 is 1.50 bits per heavy atom. The average Bonchev–Trinajstić information content (AvgIpc) is 3.47. The van der Waals surface area contributed by atoms with Crippen LogP contribution in [0.25, 0.3) is 56.1 Å². The zero-order valence-electron chi connectivity index (χ0n) is 27.9. The predicted octanol–water partition coefficient (Wildman–Crippen LogP) is 11.0. The molecule has 10 rings (SSSR count). The molecule has 0 atom stereocenters. The summed E-state index contributed by atoms with van der Waals surface area (Å²) in [7, 11) is 0. The molecule has 7 aromatic carbocycles. The number of aromatic nitrogens is 3. The molecule has 1 aromatic heterocycles. The van der Waals surface area contributed by atoms with Gasteiger partial charge in [-0.15, -0.1) is 0 Å². The van der Waals surface area contributed by atoms with Crippen LogP contribution >= 0.6 is 0 Å². The van der Waals surface area contributed by atoms with Crippen LogP contribution in [0.4, 0.5) is 0 Å². The zero-order chi connectivity index (χ0) is 33.5. The summed E-state index contributed by atoms with van der Waals surface area (Å²) in [5.74, 6) is 1.98. The molecular weight excluding hydrogens is 607 g/mol. The van der Waals surface area contributed by atoms with E-state index in [0.29, 0.717) is 17.5 Å². The van der Waals surface area contributed by atoms with Crippen molar-refractivity contribution in [1.29, 1.82) is 0 Å².